The molecule has 106 valence electrons. The van der Waals surface area contributed by atoms with Crippen molar-refractivity contribution >= 4 is 23.9 Å². The Morgan fingerprint density at radius 2 is 1.95 bits per heavy atom. The molecule has 1 aromatic heterocycles. The summed E-state index contributed by atoms with van der Waals surface area (Å²) in [5, 5.41) is 11.2. The maximum atomic E-state index is 12.1. The highest BCUT2D eigenvalue weighted by Gasteiger charge is 2.08. The predicted molar refractivity (Wildman–Crippen MR) is 77.8 cm³/mol. The number of aliphatic carboxylic acids is 1. The normalized spacial score (nSPS) is 10.5. The van der Waals surface area contributed by atoms with Crippen LogP contribution in [0.25, 0.3) is 6.08 Å². The molecule has 0 aliphatic carbocycles. The van der Waals surface area contributed by atoms with Gasteiger partial charge in [0.1, 0.15) is 0 Å². The van der Waals surface area contributed by atoms with Gasteiger partial charge in [0, 0.05) is 24.0 Å². The van der Waals surface area contributed by atoms with Crippen molar-refractivity contribution in [2.24, 2.45) is 0 Å². The first-order valence-electron chi connectivity index (χ1n) is 6.16. The molecule has 0 spiro atoms. The van der Waals surface area contributed by atoms with Gasteiger partial charge in [0.2, 0.25) is 5.95 Å². The molecular formula is C15H13N3O3. The maximum absolute atomic E-state index is 12.1. The average Bonchev–Trinajstić information content (AvgIpc) is 2.47. The number of amides is 1. The molecule has 1 amide bonds. The molecule has 0 saturated heterocycles. The standard InChI is InChI=1S/C15H13N3O3/c1-10-3-4-12(9-11(10)5-6-13(19)20)14(21)18-15-16-7-2-8-17-15/h2-9H,1H3,(H,19,20)(H,16,17,18,21)/b6-5+. The summed E-state index contributed by atoms with van der Waals surface area (Å²) in [4.78, 5) is 30.5. The number of hydrogen-bond acceptors (Lipinski definition) is 4. The molecule has 21 heavy (non-hydrogen) atoms. The van der Waals surface area contributed by atoms with Crippen molar-refractivity contribution in [1.29, 1.82) is 0 Å². The van der Waals surface area contributed by atoms with Gasteiger partial charge in [-0.05, 0) is 42.3 Å². The number of nitrogens with zero attached hydrogens (tertiary/aromatic N) is 2. The molecule has 1 aromatic carbocycles. The number of aromatic nitrogens is 2. The Bertz CT molecular complexity index is 697. The molecule has 2 rings (SSSR count). The fourth-order valence-electron chi connectivity index (χ4n) is 1.66. The third kappa shape index (κ3) is 3.97. The second-order valence-electron chi connectivity index (χ2n) is 4.27. The summed E-state index contributed by atoms with van der Waals surface area (Å²) < 4.78 is 0. The van der Waals surface area contributed by atoms with Crippen molar-refractivity contribution in [3.63, 3.8) is 0 Å². The number of rotatable bonds is 4. The first kappa shape index (κ1) is 14.4. The van der Waals surface area contributed by atoms with Crippen molar-refractivity contribution < 1.29 is 14.7 Å². The zero-order valence-corrected chi connectivity index (χ0v) is 11.3. The van der Waals surface area contributed by atoms with E-state index in [4.69, 9.17) is 5.11 Å². The number of carboxylic acids is 1. The van der Waals surface area contributed by atoms with Gasteiger partial charge >= 0.3 is 5.97 Å². The van der Waals surface area contributed by atoms with Gasteiger partial charge in [-0.15, -0.1) is 0 Å². The first-order valence-corrected chi connectivity index (χ1v) is 6.16. The number of carboxylic acid groups (broad SMARTS) is 1. The number of aryl methyl sites for hydroxylation is 1. The molecule has 2 aromatic rings. The largest absolute Gasteiger partial charge is 0.478 e. The second kappa shape index (κ2) is 6.42. The van der Waals surface area contributed by atoms with Crippen LogP contribution in [0.5, 0.6) is 0 Å². The highest BCUT2D eigenvalue weighted by molar-refractivity contribution is 6.03. The van der Waals surface area contributed by atoms with Gasteiger partial charge in [0.15, 0.2) is 0 Å². The molecule has 0 aliphatic heterocycles. The van der Waals surface area contributed by atoms with Crippen LogP contribution >= 0.6 is 0 Å². The maximum Gasteiger partial charge on any atom is 0.328 e. The Labute approximate surface area is 121 Å². The van der Waals surface area contributed by atoms with Crippen LogP contribution in [-0.2, 0) is 4.79 Å². The third-order valence-corrected chi connectivity index (χ3v) is 2.74. The molecule has 0 radical (unpaired) electrons. The highest BCUT2D eigenvalue weighted by Crippen LogP contribution is 2.14. The molecule has 6 nitrogen and oxygen atoms in total. The van der Waals surface area contributed by atoms with Crippen molar-refractivity contribution in [2.45, 2.75) is 6.92 Å². The molecular weight excluding hydrogens is 270 g/mol. The van der Waals surface area contributed by atoms with Crippen LogP contribution in [0.15, 0.2) is 42.7 Å². The minimum Gasteiger partial charge on any atom is -0.478 e. The van der Waals surface area contributed by atoms with Crippen molar-refractivity contribution in [1.82, 2.24) is 9.97 Å². The van der Waals surface area contributed by atoms with Gasteiger partial charge in [-0.3, -0.25) is 10.1 Å². The fourth-order valence-corrected chi connectivity index (χ4v) is 1.66. The van der Waals surface area contributed by atoms with E-state index in [2.05, 4.69) is 15.3 Å². The van der Waals surface area contributed by atoms with Gasteiger partial charge in [-0.25, -0.2) is 14.8 Å². The van der Waals surface area contributed by atoms with Crippen LogP contribution in [-0.4, -0.2) is 27.0 Å². The van der Waals surface area contributed by atoms with Crippen molar-refractivity contribution in [2.75, 3.05) is 5.32 Å². The summed E-state index contributed by atoms with van der Waals surface area (Å²) in [5.74, 6) is -1.18. The van der Waals surface area contributed by atoms with Gasteiger partial charge in [-0.2, -0.15) is 0 Å². The van der Waals surface area contributed by atoms with E-state index >= 15 is 0 Å². The molecule has 0 saturated carbocycles. The quantitative estimate of drug-likeness (QED) is 0.839. The molecule has 6 heteroatoms. The topological polar surface area (TPSA) is 92.2 Å². The van der Waals surface area contributed by atoms with Gasteiger partial charge in [0.25, 0.3) is 5.91 Å². The Morgan fingerprint density at radius 3 is 2.62 bits per heavy atom. The second-order valence-corrected chi connectivity index (χ2v) is 4.27. The van der Waals surface area contributed by atoms with Crippen LogP contribution in [0.2, 0.25) is 0 Å². The number of benzene rings is 1. The summed E-state index contributed by atoms with van der Waals surface area (Å²) in [6, 6.07) is 6.68. The lowest BCUT2D eigenvalue weighted by atomic mass is 10.0. The number of hydrogen-bond donors (Lipinski definition) is 2. The van der Waals surface area contributed by atoms with E-state index in [0.29, 0.717) is 11.1 Å². The summed E-state index contributed by atoms with van der Waals surface area (Å²) >= 11 is 0. The van der Waals surface area contributed by atoms with Crippen molar-refractivity contribution in [3.05, 3.63) is 59.4 Å². The Kier molecular flexibility index (Phi) is 4.40. The molecule has 0 atom stereocenters. The van der Waals surface area contributed by atoms with E-state index in [-0.39, 0.29) is 11.9 Å². The van der Waals surface area contributed by atoms with Crippen LogP contribution in [0.1, 0.15) is 21.5 Å². The number of carbonyl (C=O) groups is 2. The van der Waals surface area contributed by atoms with E-state index in [1.807, 2.05) is 6.92 Å². The van der Waals surface area contributed by atoms with Crippen LogP contribution < -0.4 is 5.32 Å². The van der Waals surface area contributed by atoms with Gasteiger partial charge in [0.05, 0.1) is 0 Å². The minimum absolute atomic E-state index is 0.214. The third-order valence-electron chi connectivity index (χ3n) is 2.74. The lowest BCUT2D eigenvalue weighted by Crippen LogP contribution is -2.14. The molecule has 1 heterocycles. The SMILES string of the molecule is Cc1ccc(C(=O)Nc2ncccn2)cc1/C=C/C(=O)O. The lowest BCUT2D eigenvalue weighted by molar-refractivity contribution is -0.131. The van der Waals surface area contributed by atoms with E-state index in [1.165, 1.54) is 18.5 Å². The summed E-state index contributed by atoms with van der Waals surface area (Å²) in [6.45, 7) is 1.84. The van der Waals surface area contributed by atoms with Crippen LogP contribution in [0.4, 0.5) is 5.95 Å². The zero-order chi connectivity index (χ0) is 15.2. The molecule has 2 N–H and O–H groups in total. The summed E-state index contributed by atoms with van der Waals surface area (Å²) in [5.41, 5.74) is 1.94. The monoisotopic (exact) mass is 283 g/mol. The minimum atomic E-state index is -1.04. The highest BCUT2D eigenvalue weighted by atomic mass is 16.4. The van der Waals surface area contributed by atoms with E-state index in [9.17, 15) is 9.59 Å². The number of nitrogens with one attached hydrogen (secondary N) is 1. The lowest BCUT2D eigenvalue weighted by Gasteiger charge is -2.06. The van der Waals surface area contributed by atoms with Crippen LogP contribution in [0.3, 0.4) is 0 Å². The van der Waals surface area contributed by atoms with Crippen LogP contribution in [0, 0.1) is 6.92 Å². The molecule has 0 fully saturated rings. The summed E-state index contributed by atoms with van der Waals surface area (Å²) in [7, 11) is 0. The predicted octanol–water partition coefficient (Wildman–Crippen LogP) is 2.14. The van der Waals surface area contributed by atoms with E-state index < -0.39 is 5.97 Å². The molecule has 0 aliphatic rings. The van der Waals surface area contributed by atoms with E-state index in [1.54, 1.807) is 24.3 Å². The first-order chi connectivity index (χ1) is 10.1. The van der Waals surface area contributed by atoms with E-state index in [0.717, 1.165) is 11.6 Å². The average molecular weight is 283 g/mol. The number of anilines is 1. The molecule has 0 bridgehead atoms. The van der Waals surface area contributed by atoms with Gasteiger partial charge < -0.3 is 5.11 Å². The Balaban J connectivity index is 2.22. The number of carbonyl (C=O) groups excluding carboxylic acids is 1. The summed E-state index contributed by atoms with van der Waals surface area (Å²) in [6.07, 6.45) is 5.54. The van der Waals surface area contributed by atoms with Crippen molar-refractivity contribution in [3.8, 4) is 0 Å². The van der Waals surface area contributed by atoms with Gasteiger partial charge in [-0.1, -0.05) is 6.07 Å². The smallest absolute Gasteiger partial charge is 0.328 e. The molecule has 0 unspecified atom stereocenters. The Hall–Kier alpha value is -3.02. The fraction of sp³-hybridized carbons (Fsp3) is 0.0667. The zero-order valence-electron chi connectivity index (χ0n) is 11.3. The Morgan fingerprint density at radius 1 is 1.24 bits per heavy atom.